The van der Waals surface area contributed by atoms with Crippen LogP contribution in [0.2, 0.25) is 0 Å². The van der Waals surface area contributed by atoms with E-state index < -0.39 is 10.0 Å². The van der Waals surface area contributed by atoms with Gasteiger partial charge in [0.2, 0.25) is 16.0 Å². The van der Waals surface area contributed by atoms with E-state index in [9.17, 15) is 8.42 Å². The van der Waals surface area contributed by atoms with Crippen LogP contribution >= 0.6 is 0 Å². The summed E-state index contributed by atoms with van der Waals surface area (Å²) in [5.41, 5.74) is 0.912. The Morgan fingerprint density at radius 3 is 2.41 bits per heavy atom. The van der Waals surface area contributed by atoms with E-state index in [0.29, 0.717) is 5.95 Å². The molecule has 3 heterocycles. The van der Waals surface area contributed by atoms with E-state index >= 15 is 0 Å². The smallest absolute Gasteiger partial charge is 0.250 e. The lowest BCUT2D eigenvalue weighted by atomic mass is 10.2. The number of tetrazole rings is 1. The number of aromatic nitrogens is 5. The highest BCUT2D eigenvalue weighted by Crippen LogP contribution is 2.20. The van der Waals surface area contributed by atoms with Crippen molar-refractivity contribution in [1.82, 2.24) is 29.9 Å². The predicted octanol–water partition coefficient (Wildman–Crippen LogP) is 1.85. The maximum Gasteiger partial charge on any atom is 0.250 e. The molecule has 0 spiro atoms. The van der Waals surface area contributed by atoms with Crippen LogP contribution in [0.15, 0.2) is 53.6 Å². The van der Waals surface area contributed by atoms with Crippen LogP contribution < -0.4 is 14.5 Å². The summed E-state index contributed by atoms with van der Waals surface area (Å²) in [7, 11) is -3.56. The lowest BCUT2D eigenvalue weighted by Gasteiger charge is -2.35. The van der Waals surface area contributed by atoms with E-state index in [1.54, 1.807) is 16.8 Å². The Balaban J connectivity index is 1.40. The molecule has 0 aliphatic carbocycles. The molecule has 170 valence electrons. The number of hydrogen-bond donors (Lipinski definition) is 1. The van der Waals surface area contributed by atoms with Crippen molar-refractivity contribution in [2.24, 2.45) is 0 Å². The SMILES string of the molecule is CCCC(C)NS(=O)(=O)c1ccc(N2CCN(c3nnnn3-c3ccccc3)CC2)nc1. The highest BCUT2D eigenvalue weighted by Gasteiger charge is 2.24. The number of piperazine rings is 1. The van der Waals surface area contributed by atoms with Gasteiger partial charge in [0, 0.05) is 38.4 Å². The molecule has 1 atom stereocenters. The minimum Gasteiger partial charge on any atom is -0.353 e. The molecule has 0 amide bonds. The fourth-order valence-corrected chi connectivity index (χ4v) is 5.02. The van der Waals surface area contributed by atoms with E-state index in [-0.39, 0.29) is 10.9 Å². The number of nitrogens with one attached hydrogen (secondary N) is 1. The zero-order chi connectivity index (χ0) is 22.6. The van der Waals surface area contributed by atoms with Gasteiger partial charge in [-0.2, -0.15) is 4.68 Å². The maximum absolute atomic E-state index is 12.5. The van der Waals surface area contributed by atoms with Crippen LogP contribution in [-0.2, 0) is 10.0 Å². The van der Waals surface area contributed by atoms with E-state index in [1.807, 2.05) is 44.2 Å². The van der Waals surface area contributed by atoms with Gasteiger partial charge >= 0.3 is 0 Å². The summed E-state index contributed by atoms with van der Waals surface area (Å²) < 4.78 is 29.5. The van der Waals surface area contributed by atoms with E-state index in [0.717, 1.165) is 50.5 Å². The molecule has 0 radical (unpaired) electrons. The minimum atomic E-state index is -3.56. The first-order chi connectivity index (χ1) is 15.5. The number of benzene rings is 1. The minimum absolute atomic E-state index is 0.106. The third-order valence-corrected chi connectivity index (χ3v) is 7.02. The largest absolute Gasteiger partial charge is 0.353 e. The summed E-state index contributed by atoms with van der Waals surface area (Å²) in [6, 6.07) is 13.1. The molecule has 1 fully saturated rings. The average molecular weight is 457 g/mol. The van der Waals surface area contributed by atoms with Crippen molar-refractivity contribution < 1.29 is 8.42 Å². The molecular formula is C21H28N8O2S. The summed E-state index contributed by atoms with van der Waals surface area (Å²) in [6.45, 7) is 6.81. The molecule has 1 aliphatic rings. The van der Waals surface area contributed by atoms with Crippen molar-refractivity contribution in [3.05, 3.63) is 48.7 Å². The molecule has 0 saturated carbocycles. The van der Waals surface area contributed by atoms with Crippen molar-refractivity contribution in [2.75, 3.05) is 36.0 Å². The van der Waals surface area contributed by atoms with Crippen LogP contribution in [0.1, 0.15) is 26.7 Å². The number of rotatable bonds is 8. The van der Waals surface area contributed by atoms with Crippen LogP contribution in [0.3, 0.4) is 0 Å². The fraction of sp³-hybridized carbons (Fsp3) is 0.429. The summed E-state index contributed by atoms with van der Waals surface area (Å²) in [6.07, 6.45) is 3.14. The average Bonchev–Trinajstić information content (AvgIpc) is 3.30. The second-order valence-corrected chi connectivity index (χ2v) is 9.58. The molecular weight excluding hydrogens is 428 g/mol. The summed E-state index contributed by atoms with van der Waals surface area (Å²) in [5.74, 6) is 1.46. The Hall–Kier alpha value is -3.05. The van der Waals surface area contributed by atoms with Crippen LogP contribution in [0, 0.1) is 0 Å². The van der Waals surface area contributed by atoms with Gasteiger partial charge in [0.15, 0.2) is 0 Å². The van der Waals surface area contributed by atoms with Gasteiger partial charge in [0.1, 0.15) is 10.7 Å². The third kappa shape index (κ3) is 4.89. The van der Waals surface area contributed by atoms with Gasteiger partial charge in [-0.05, 0) is 48.0 Å². The Kier molecular flexibility index (Phi) is 6.66. The van der Waals surface area contributed by atoms with Gasteiger partial charge in [0.25, 0.3) is 0 Å². The van der Waals surface area contributed by atoms with Gasteiger partial charge < -0.3 is 9.80 Å². The van der Waals surface area contributed by atoms with Crippen molar-refractivity contribution in [3.8, 4) is 5.69 Å². The highest BCUT2D eigenvalue weighted by molar-refractivity contribution is 7.89. The molecule has 0 bridgehead atoms. The molecule has 2 aromatic heterocycles. The Morgan fingerprint density at radius 1 is 1.03 bits per heavy atom. The molecule has 32 heavy (non-hydrogen) atoms. The predicted molar refractivity (Wildman–Crippen MR) is 123 cm³/mol. The maximum atomic E-state index is 12.5. The van der Waals surface area contributed by atoms with Gasteiger partial charge in [-0.3, -0.25) is 0 Å². The topological polar surface area (TPSA) is 109 Å². The number of nitrogens with zero attached hydrogens (tertiary/aromatic N) is 7. The molecule has 3 aromatic rings. The second-order valence-electron chi connectivity index (χ2n) is 7.86. The second kappa shape index (κ2) is 9.61. The number of hydrogen-bond acceptors (Lipinski definition) is 8. The first-order valence-electron chi connectivity index (χ1n) is 10.8. The molecule has 1 unspecified atom stereocenters. The van der Waals surface area contributed by atoms with Gasteiger partial charge in [-0.15, -0.1) is 0 Å². The Bertz CT molecular complexity index is 1110. The zero-order valence-electron chi connectivity index (χ0n) is 18.3. The van der Waals surface area contributed by atoms with E-state index in [4.69, 9.17) is 0 Å². The summed E-state index contributed by atoms with van der Waals surface area (Å²) in [5, 5.41) is 12.2. The fourth-order valence-electron chi connectivity index (χ4n) is 3.79. The zero-order valence-corrected chi connectivity index (χ0v) is 19.1. The molecule has 11 heteroatoms. The number of sulfonamides is 1. The number of para-hydroxylation sites is 1. The van der Waals surface area contributed by atoms with Crippen molar-refractivity contribution in [2.45, 2.75) is 37.6 Å². The van der Waals surface area contributed by atoms with Gasteiger partial charge in [-0.25, -0.2) is 18.1 Å². The van der Waals surface area contributed by atoms with Crippen LogP contribution in [0.4, 0.5) is 11.8 Å². The third-order valence-electron chi connectivity index (χ3n) is 5.45. The first-order valence-corrected chi connectivity index (χ1v) is 12.3. The standard InChI is InChI=1S/C21H28N8O2S/c1-3-7-17(2)24-32(30,31)19-10-11-20(22-16-19)27-12-14-28(15-13-27)21-23-25-26-29(21)18-8-5-4-6-9-18/h4-6,8-11,16-17,24H,3,7,12-15H2,1-2H3. The molecule has 4 rings (SSSR count). The monoisotopic (exact) mass is 456 g/mol. The normalized spacial score (nSPS) is 15.7. The molecule has 1 saturated heterocycles. The lowest BCUT2D eigenvalue weighted by Crippen LogP contribution is -2.47. The van der Waals surface area contributed by atoms with E-state index in [2.05, 4.69) is 35.0 Å². The van der Waals surface area contributed by atoms with Crippen molar-refractivity contribution >= 4 is 21.8 Å². The Morgan fingerprint density at radius 2 is 1.75 bits per heavy atom. The summed E-state index contributed by atoms with van der Waals surface area (Å²) in [4.78, 5) is 8.88. The van der Waals surface area contributed by atoms with Gasteiger partial charge in [-0.1, -0.05) is 36.6 Å². The highest BCUT2D eigenvalue weighted by atomic mass is 32.2. The van der Waals surface area contributed by atoms with Crippen molar-refractivity contribution in [3.63, 3.8) is 0 Å². The van der Waals surface area contributed by atoms with Crippen LogP contribution in [0.5, 0.6) is 0 Å². The lowest BCUT2D eigenvalue weighted by molar-refractivity contribution is 0.543. The molecule has 10 nitrogen and oxygen atoms in total. The number of anilines is 2. The Labute approximate surface area is 188 Å². The molecule has 1 N–H and O–H groups in total. The first kappa shape index (κ1) is 22.2. The van der Waals surface area contributed by atoms with Crippen molar-refractivity contribution in [1.29, 1.82) is 0 Å². The molecule has 1 aromatic carbocycles. The van der Waals surface area contributed by atoms with Gasteiger partial charge in [0.05, 0.1) is 5.69 Å². The van der Waals surface area contributed by atoms with Crippen LogP contribution in [0.25, 0.3) is 5.69 Å². The van der Waals surface area contributed by atoms with Crippen LogP contribution in [-0.4, -0.2) is 65.8 Å². The summed E-state index contributed by atoms with van der Waals surface area (Å²) >= 11 is 0. The quantitative estimate of drug-likeness (QED) is 0.547. The number of pyridine rings is 1. The molecule has 1 aliphatic heterocycles. The van der Waals surface area contributed by atoms with E-state index in [1.165, 1.54) is 6.20 Å².